The summed E-state index contributed by atoms with van der Waals surface area (Å²) in [5, 5.41) is 0.465. The minimum Gasteiger partial charge on any atom is -0.325 e. The zero-order valence-corrected chi connectivity index (χ0v) is 11.7. The summed E-state index contributed by atoms with van der Waals surface area (Å²) in [6, 6.07) is 4.30. The van der Waals surface area contributed by atoms with E-state index >= 15 is 0 Å². The van der Waals surface area contributed by atoms with Crippen LogP contribution >= 0.6 is 22.6 Å². The number of hydrogen-bond donors (Lipinski definition) is 0. The molecule has 1 aliphatic rings. The van der Waals surface area contributed by atoms with Crippen LogP contribution in [-0.2, 0) is 19.2 Å². The summed E-state index contributed by atoms with van der Waals surface area (Å²) in [6.45, 7) is 0. The van der Waals surface area contributed by atoms with Crippen molar-refractivity contribution < 1.29 is 24.0 Å². The number of amides is 2. The lowest BCUT2D eigenvalue weighted by Crippen LogP contribution is -2.32. The Balaban J connectivity index is 2.20. The van der Waals surface area contributed by atoms with E-state index in [0.29, 0.717) is 8.63 Å². The Morgan fingerprint density at radius 2 is 1.84 bits per heavy atom. The van der Waals surface area contributed by atoms with Crippen LogP contribution in [0.3, 0.4) is 0 Å². The third-order valence-electron chi connectivity index (χ3n) is 2.43. The Bertz CT molecular complexity index is 567. The van der Waals surface area contributed by atoms with Gasteiger partial charge in [0, 0.05) is 22.0 Å². The van der Waals surface area contributed by atoms with Crippen LogP contribution in [0.5, 0.6) is 0 Å². The fraction of sp³-hybridized carbons (Fsp3) is 0.167. The van der Waals surface area contributed by atoms with Crippen molar-refractivity contribution in [1.82, 2.24) is 5.06 Å². The first kappa shape index (κ1) is 13.7. The third kappa shape index (κ3) is 2.98. The van der Waals surface area contributed by atoms with Crippen LogP contribution in [0.2, 0.25) is 0 Å². The van der Waals surface area contributed by atoms with Gasteiger partial charge in [0.15, 0.2) is 0 Å². The lowest BCUT2D eigenvalue weighted by molar-refractivity contribution is -0.172. The first-order valence-electron chi connectivity index (χ1n) is 5.28. The van der Waals surface area contributed by atoms with Gasteiger partial charge in [-0.05, 0) is 40.8 Å². The average Bonchev–Trinajstić information content (AvgIpc) is 2.69. The fourth-order valence-corrected chi connectivity index (χ4v) is 2.23. The smallest absolute Gasteiger partial charge is 0.325 e. The second kappa shape index (κ2) is 5.47. The van der Waals surface area contributed by atoms with Crippen LogP contribution < -0.4 is 0 Å². The molecule has 1 aromatic rings. The number of hydroxylamine groups is 2. The molecule has 0 bridgehead atoms. The summed E-state index contributed by atoms with van der Waals surface area (Å²) in [5.41, 5.74) is 0.274. The van der Waals surface area contributed by atoms with Crippen LogP contribution in [0.4, 0.5) is 0 Å². The summed E-state index contributed by atoms with van der Waals surface area (Å²) in [7, 11) is 0. The minimum absolute atomic E-state index is 0.0335. The monoisotopic (exact) mass is 372 g/mol. The fourth-order valence-electron chi connectivity index (χ4n) is 1.56. The van der Waals surface area contributed by atoms with E-state index in [1.165, 1.54) is 18.2 Å². The summed E-state index contributed by atoms with van der Waals surface area (Å²) < 4.78 is 0.643. The van der Waals surface area contributed by atoms with Crippen molar-refractivity contribution in [3.63, 3.8) is 0 Å². The van der Waals surface area contributed by atoms with Crippen molar-refractivity contribution in [2.75, 3.05) is 0 Å². The second-order valence-corrected chi connectivity index (χ2v) is 5.04. The summed E-state index contributed by atoms with van der Waals surface area (Å²) >= 11 is 1.93. The van der Waals surface area contributed by atoms with E-state index in [0.717, 1.165) is 0 Å². The SMILES string of the molecule is O=[C]c1cc(I)cc(C(=O)ON2C(=O)CCC2=O)c1. The number of nitrogens with zero attached hydrogens (tertiary/aromatic N) is 1. The summed E-state index contributed by atoms with van der Waals surface area (Å²) in [4.78, 5) is 49.7. The molecule has 7 heteroatoms. The van der Waals surface area contributed by atoms with E-state index in [4.69, 9.17) is 4.84 Å². The van der Waals surface area contributed by atoms with Crippen molar-refractivity contribution in [2.45, 2.75) is 12.8 Å². The Morgan fingerprint density at radius 3 is 2.42 bits per heavy atom. The van der Waals surface area contributed by atoms with Gasteiger partial charge in [0.2, 0.25) is 6.29 Å². The van der Waals surface area contributed by atoms with Crippen LogP contribution in [0.15, 0.2) is 18.2 Å². The van der Waals surface area contributed by atoms with Crippen LogP contribution in [0.25, 0.3) is 0 Å². The highest BCUT2D eigenvalue weighted by atomic mass is 127. The zero-order chi connectivity index (χ0) is 14.0. The largest absolute Gasteiger partial charge is 0.363 e. The lowest BCUT2D eigenvalue weighted by Gasteiger charge is -2.12. The predicted molar refractivity (Wildman–Crippen MR) is 70.5 cm³/mol. The number of benzene rings is 1. The first-order valence-corrected chi connectivity index (χ1v) is 6.36. The van der Waals surface area contributed by atoms with E-state index in [1.807, 2.05) is 22.6 Å². The molecule has 1 fully saturated rings. The highest BCUT2D eigenvalue weighted by Crippen LogP contribution is 2.16. The lowest BCUT2D eigenvalue weighted by atomic mass is 10.1. The van der Waals surface area contributed by atoms with Crippen molar-refractivity contribution in [3.05, 3.63) is 32.9 Å². The van der Waals surface area contributed by atoms with Gasteiger partial charge >= 0.3 is 5.97 Å². The van der Waals surface area contributed by atoms with Crippen LogP contribution in [-0.4, -0.2) is 29.1 Å². The number of hydrogen-bond acceptors (Lipinski definition) is 5. The molecule has 97 valence electrons. The van der Waals surface area contributed by atoms with Gasteiger partial charge in [0.25, 0.3) is 11.8 Å². The minimum atomic E-state index is -0.862. The van der Waals surface area contributed by atoms with E-state index in [2.05, 4.69) is 0 Å². The maximum atomic E-state index is 11.8. The van der Waals surface area contributed by atoms with Crippen molar-refractivity contribution in [3.8, 4) is 0 Å². The number of carbonyl (C=O) groups is 3. The molecule has 1 aliphatic heterocycles. The molecule has 2 amide bonds. The van der Waals surface area contributed by atoms with E-state index in [-0.39, 0.29) is 24.0 Å². The number of carbonyl (C=O) groups excluding carboxylic acids is 4. The molecule has 0 spiro atoms. The topological polar surface area (TPSA) is 80.8 Å². The molecule has 0 aromatic heterocycles. The number of imide groups is 1. The van der Waals surface area contributed by atoms with E-state index in [9.17, 15) is 19.2 Å². The van der Waals surface area contributed by atoms with Gasteiger partial charge in [-0.15, -0.1) is 5.06 Å². The normalized spacial score (nSPS) is 14.7. The highest BCUT2D eigenvalue weighted by Gasteiger charge is 2.33. The Kier molecular flexibility index (Phi) is 3.93. The van der Waals surface area contributed by atoms with Gasteiger partial charge in [0.1, 0.15) is 0 Å². The van der Waals surface area contributed by atoms with Gasteiger partial charge in [0.05, 0.1) is 5.56 Å². The molecule has 2 rings (SSSR count). The molecular weight excluding hydrogens is 365 g/mol. The standard InChI is InChI=1S/C12H7INO5/c13-9-4-7(6-15)3-8(5-9)12(18)19-14-10(16)1-2-11(14)17/h3-5H,1-2H2. The Hall–Kier alpha value is -1.77. The third-order valence-corrected chi connectivity index (χ3v) is 3.05. The summed E-state index contributed by atoms with van der Waals surface area (Å²) in [5.74, 6) is -1.96. The molecule has 1 heterocycles. The molecular formula is C12H7INO5. The second-order valence-electron chi connectivity index (χ2n) is 3.79. The maximum absolute atomic E-state index is 11.8. The van der Waals surface area contributed by atoms with Gasteiger partial charge in [-0.3, -0.25) is 14.4 Å². The van der Waals surface area contributed by atoms with E-state index in [1.54, 1.807) is 6.29 Å². The highest BCUT2D eigenvalue weighted by molar-refractivity contribution is 14.1. The molecule has 0 aliphatic carbocycles. The maximum Gasteiger partial charge on any atom is 0.363 e. The molecule has 0 atom stereocenters. The van der Waals surface area contributed by atoms with Gasteiger partial charge in [-0.2, -0.15) is 0 Å². The van der Waals surface area contributed by atoms with Crippen LogP contribution in [0, 0.1) is 3.57 Å². The molecule has 1 radical (unpaired) electrons. The van der Waals surface area contributed by atoms with Crippen LogP contribution in [0.1, 0.15) is 28.8 Å². The Morgan fingerprint density at radius 1 is 1.21 bits per heavy atom. The molecule has 0 saturated carbocycles. The van der Waals surface area contributed by atoms with Gasteiger partial charge in [-0.25, -0.2) is 4.79 Å². The first-order chi connectivity index (χ1) is 9.01. The number of halogens is 1. The van der Waals surface area contributed by atoms with E-state index < -0.39 is 17.8 Å². The Labute approximate surface area is 121 Å². The van der Waals surface area contributed by atoms with Crippen molar-refractivity contribution >= 4 is 46.7 Å². The molecule has 1 saturated heterocycles. The summed E-state index contributed by atoms with van der Waals surface area (Å²) in [6.07, 6.45) is 1.73. The van der Waals surface area contributed by atoms with Crippen molar-refractivity contribution in [2.24, 2.45) is 0 Å². The van der Waals surface area contributed by atoms with Gasteiger partial charge < -0.3 is 4.84 Å². The average molecular weight is 372 g/mol. The zero-order valence-electron chi connectivity index (χ0n) is 9.51. The molecule has 0 unspecified atom stereocenters. The van der Waals surface area contributed by atoms with Gasteiger partial charge in [-0.1, -0.05) is 0 Å². The van der Waals surface area contributed by atoms with Crippen molar-refractivity contribution in [1.29, 1.82) is 0 Å². The molecule has 19 heavy (non-hydrogen) atoms. The number of rotatable bonds is 3. The predicted octanol–water partition coefficient (Wildman–Crippen LogP) is 0.970. The molecule has 1 aromatic carbocycles. The molecule has 0 N–H and O–H groups in total. The molecule has 6 nitrogen and oxygen atoms in total. The quantitative estimate of drug-likeness (QED) is 0.584.